The van der Waals surface area contributed by atoms with Crippen molar-refractivity contribution in [3.05, 3.63) is 46.3 Å². The third kappa shape index (κ3) is 4.48. The van der Waals surface area contributed by atoms with E-state index in [0.717, 1.165) is 36.2 Å². The first-order chi connectivity index (χ1) is 14.9. The average Bonchev–Trinajstić information content (AvgIpc) is 3.17. The van der Waals surface area contributed by atoms with E-state index in [1.807, 2.05) is 4.90 Å². The van der Waals surface area contributed by atoms with Crippen LogP contribution in [0.5, 0.6) is 0 Å². The molecule has 2 heterocycles. The van der Waals surface area contributed by atoms with E-state index in [-0.39, 0.29) is 5.97 Å². The van der Waals surface area contributed by atoms with Crippen LogP contribution in [0.2, 0.25) is 0 Å². The normalized spacial score (nSPS) is 17.1. The predicted octanol–water partition coefficient (Wildman–Crippen LogP) is 3.12. The van der Waals surface area contributed by atoms with Gasteiger partial charge in [-0.15, -0.1) is 11.3 Å². The van der Waals surface area contributed by atoms with Gasteiger partial charge in [0.25, 0.3) is 0 Å². The highest BCUT2D eigenvalue weighted by molar-refractivity contribution is 7.89. The number of aryl methyl sites for hydroxylation is 1. The lowest BCUT2D eigenvalue weighted by atomic mass is 9.95. The Bertz CT molecular complexity index is 1070. The van der Waals surface area contributed by atoms with E-state index in [1.165, 1.54) is 16.3 Å². The SMILES string of the molecule is COC(=O)c1c(NC(=S)N2CCN(S(=O)(=O)c3ccccc3)CC2)sc2c1CCCC2. The molecule has 0 radical (unpaired) electrons. The van der Waals surface area contributed by atoms with Crippen molar-refractivity contribution in [3.8, 4) is 0 Å². The second kappa shape index (κ2) is 9.23. The van der Waals surface area contributed by atoms with Crippen molar-refractivity contribution in [1.29, 1.82) is 0 Å². The summed E-state index contributed by atoms with van der Waals surface area (Å²) in [6.45, 7) is 1.67. The first kappa shape index (κ1) is 22.2. The maximum absolute atomic E-state index is 12.8. The molecule has 1 aliphatic heterocycles. The molecule has 7 nitrogen and oxygen atoms in total. The van der Waals surface area contributed by atoms with Crippen molar-refractivity contribution >= 4 is 49.7 Å². The van der Waals surface area contributed by atoms with Gasteiger partial charge in [-0.3, -0.25) is 0 Å². The molecule has 0 bridgehead atoms. The van der Waals surface area contributed by atoms with Crippen LogP contribution in [0.1, 0.15) is 33.6 Å². The topological polar surface area (TPSA) is 79.0 Å². The number of carbonyl (C=O) groups is 1. The summed E-state index contributed by atoms with van der Waals surface area (Å²) in [5, 5.41) is 4.47. The zero-order valence-electron chi connectivity index (χ0n) is 17.3. The molecule has 0 unspecified atom stereocenters. The number of thiophene rings is 1. The number of nitrogens with one attached hydrogen (secondary N) is 1. The molecule has 0 atom stereocenters. The van der Waals surface area contributed by atoms with Gasteiger partial charge in [0.05, 0.1) is 17.6 Å². The number of fused-ring (bicyclic) bond motifs is 1. The fourth-order valence-electron chi connectivity index (χ4n) is 4.02. The van der Waals surface area contributed by atoms with Gasteiger partial charge in [0.15, 0.2) is 5.11 Å². The molecule has 0 spiro atoms. The van der Waals surface area contributed by atoms with Gasteiger partial charge in [0, 0.05) is 31.1 Å². The number of carbonyl (C=O) groups excluding carboxylic acids is 1. The van der Waals surface area contributed by atoms with Crippen molar-refractivity contribution in [2.24, 2.45) is 0 Å². The first-order valence-electron chi connectivity index (χ1n) is 10.3. The molecule has 1 saturated heterocycles. The fourth-order valence-corrected chi connectivity index (χ4v) is 7.09. The molecule has 0 amide bonds. The van der Waals surface area contributed by atoms with Crippen LogP contribution in [0.15, 0.2) is 35.2 Å². The van der Waals surface area contributed by atoms with Crippen LogP contribution in [0.25, 0.3) is 0 Å². The number of hydrogen-bond acceptors (Lipinski definition) is 6. The zero-order valence-corrected chi connectivity index (χ0v) is 19.7. The number of nitrogens with zero attached hydrogens (tertiary/aromatic N) is 2. The van der Waals surface area contributed by atoms with Gasteiger partial charge in [-0.05, 0) is 55.6 Å². The number of rotatable bonds is 4. The standard InChI is InChI=1S/C21H25N3O4S3/c1-28-20(25)18-16-9-5-6-10-17(16)30-19(18)22-21(29)23-11-13-24(14-12-23)31(26,27)15-7-3-2-4-8-15/h2-4,7-8H,5-6,9-14H2,1H3,(H,22,29). The summed E-state index contributed by atoms with van der Waals surface area (Å²) in [4.78, 5) is 15.9. The number of esters is 1. The summed E-state index contributed by atoms with van der Waals surface area (Å²) in [6.07, 6.45) is 4.03. The van der Waals surface area contributed by atoms with Gasteiger partial charge < -0.3 is 15.0 Å². The minimum Gasteiger partial charge on any atom is -0.465 e. The number of piperazine rings is 1. The molecular weight excluding hydrogens is 454 g/mol. The maximum Gasteiger partial charge on any atom is 0.341 e. The van der Waals surface area contributed by atoms with Crippen LogP contribution in [0.3, 0.4) is 0 Å². The third-order valence-electron chi connectivity index (χ3n) is 5.69. The molecule has 1 aliphatic carbocycles. The van der Waals surface area contributed by atoms with E-state index in [1.54, 1.807) is 41.7 Å². The van der Waals surface area contributed by atoms with E-state index in [4.69, 9.17) is 17.0 Å². The Kier molecular flexibility index (Phi) is 6.61. The smallest absolute Gasteiger partial charge is 0.341 e. The highest BCUT2D eigenvalue weighted by Gasteiger charge is 2.31. The minimum absolute atomic E-state index is 0.302. The molecule has 166 valence electrons. The second-order valence-electron chi connectivity index (χ2n) is 7.54. The van der Waals surface area contributed by atoms with Crippen LogP contribution in [0.4, 0.5) is 5.00 Å². The summed E-state index contributed by atoms with van der Waals surface area (Å²) in [7, 11) is -2.12. The highest BCUT2D eigenvalue weighted by Crippen LogP contribution is 2.38. The molecule has 2 aliphatic rings. The fraction of sp³-hybridized carbons (Fsp3) is 0.429. The average molecular weight is 480 g/mol. The lowest BCUT2D eigenvalue weighted by Gasteiger charge is -2.35. The predicted molar refractivity (Wildman–Crippen MR) is 125 cm³/mol. The molecule has 4 rings (SSSR count). The van der Waals surface area contributed by atoms with E-state index in [2.05, 4.69) is 5.32 Å². The summed E-state index contributed by atoms with van der Waals surface area (Å²) in [5.74, 6) is -0.344. The number of ether oxygens (including phenoxy) is 1. The first-order valence-corrected chi connectivity index (χ1v) is 12.9. The molecule has 0 saturated carbocycles. The van der Waals surface area contributed by atoms with Crippen molar-refractivity contribution in [2.45, 2.75) is 30.6 Å². The number of sulfonamides is 1. The molecule has 2 aromatic rings. The molecule has 1 aromatic heterocycles. The largest absolute Gasteiger partial charge is 0.465 e. The summed E-state index contributed by atoms with van der Waals surface area (Å²) in [5.41, 5.74) is 1.67. The van der Waals surface area contributed by atoms with Crippen LogP contribution < -0.4 is 5.32 Å². The molecule has 1 fully saturated rings. The summed E-state index contributed by atoms with van der Waals surface area (Å²) in [6, 6.07) is 8.47. The van der Waals surface area contributed by atoms with Gasteiger partial charge in [-0.1, -0.05) is 18.2 Å². The van der Waals surface area contributed by atoms with Gasteiger partial charge in [-0.25, -0.2) is 13.2 Å². The number of benzene rings is 1. The van der Waals surface area contributed by atoms with Crippen LogP contribution in [-0.2, 0) is 27.6 Å². The van der Waals surface area contributed by atoms with Crippen molar-refractivity contribution in [3.63, 3.8) is 0 Å². The van der Waals surface area contributed by atoms with Crippen molar-refractivity contribution in [1.82, 2.24) is 9.21 Å². The molecule has 1 N–H and O–H groups in total. The monoisotopic (exact) mass is 479 g/mol. The number of thiocarbonyl (C=S) groups is 1. The van der Waals surface area contributed by atoms with Gasteiger partial charge >= 0.3 is 5.97 Å². The van der Waals surface area contributed by atoms with E-state index in [0.29, 0.717) is 41.8 Å². The van der Waals surface area contributed by atoms with Crippen molar-refractivity contribution in [2.75, 3.05) is 38.6 Å². The number of methoxy groups -OCH3 is 1. The van der Waals surface area contributed by atoms with E-state index < -0.39 is 10.0 Å². The van der Waals surface area contributed by atoms with Crippen LogP contribution in [0, 0.1) is 0 Å². The Hall–Kier alpha value is -2.01. The van der Waals surface area contributed by atoms with E-state index in [9.17, 15) is 13.2 Å². The number of anilines is 1. The van der Waals surface area contributed by atoms with Crippen molar-refractivity contribution < 1.29 is 17.9 Å². The lowest BCUT2D eigenvalue weighted by Crippen LogP contribution is -2.51. The molecule has 31 heavy (non-hydrogen) atoms. The quantitative estimate of drug-likeness (QED) is 0.533. The zero-order chi connectivity index (χ0) is 22.0. The Morgan fingerprint density at radius 3 is 2.45 bits per heavy atom. The van der Waals surface area contributed by atoms with Gasteiger partial charge in [0.2, 0.25) is 10.0 Å². The van der Waals surface area contributed by atoms with Crippen LogP contribution >= 0.6 is 23.6 Å². The van der Waals surface area contributed by atoms with Gasteiger partial charge in [-0.2, -0.15) is 4.31 Å². The molecular formula is C21H25N3O4S3. The third-order valence-corrected chi connectivity index (χ3v) is 9.17. The molecule has 1 aromatic carbocycles. The Labute approximate surface area is 192 Å². The molecule has 10 heteroatoms. The Morgan fingerprint density at radius 2 is 1.77 bits per heavy atom. The minimum atomic E-state index is -3.51. The second-order valence-corrected chi connectivity index (χ2v) is 11.0. The summed E-state index contributed by atoms with van der Waals surface area (Å²) >= 11 is 7.17. The van der Waals surface area contributed by atoms with E-state index >= 15 is 0 Å². The van der Waals surface area contributed by atoms with Crippen LogP contribution in [-0.4, -0.2) is 62.0 Å². The Balaban J connectivity index is 1.44. The Morgan fingerprint density at radius 1 is 1.10 bits per heavy atom. The highest BCUT2D eigenvalue weighted by atomic mass is 32.2. The maximum atomic E-state index is 12.8. The van der Waals surface area contributed by atoms with Gasteiger partial charge in [0.1, 0.15) is 5.00 Å². The summed E-state index contributed by atoms with van der Waals surface area (Å²) < 4.78 is 32.2. The lowest BCUT2D eigenvalue weighted by molar-refractivity contribution is 0.0601. The number of hydrogen-bond donors (Lipinski definition) is 1.